The Kier molecular flexibility index (Phi) is 6.44. The molecule has 0 aliphatic carbocycles. The normalized spacial score (nSPS) is 22.2. The Morgan fingerprint density at radius 2 is 2.06 bits per heavy atom. The van der Waals surface area contributed by atoms with Crippen LogP contribution in [-0.4, -0.2) is 87.1 Å². The fraction of sp³-hybridized carbons (Fsp3) is 0.542. The van der Waals surface area contributed by atoms with E-state index in [9.17, 15) is 19.5 Å². The van der Waals surface area contributed by atoms with Crippen LogP contribution in [0.3, 0.4) is 0 Å². The van der Waals surface area contributed by atoms with E-state index in [4.69, 9.17) is 0 Å². The van der Waals surface area contributed by atoms with E-state index >= 15 is 0 Å². The first-order valence-electron chi connectivity index (χ1n) is 11.6. The van der Waals surface area contributed by atoms with Crippen LogP contribution < -0.4 is 10.2 Å². The quantitative estimate of drug-likeness (QED) is 0.592. The van der Waals surface area contributed by atoms with Gasteiger partial charge in [-0.25, -0.2) is 4.79 Å². The molecule has 4 rings (SSSR count). The minimum absolute atomic E-state index is 0.129. The minimum Gasteiger partial charge on any atom is -0.386 e. The average Bonchev–Trinajstić information content (AvgIpc) is 2.99. The lowest BCUT2D eigenvalue weighted by atomic mass is 9.91. The van der Waals surface area contributed by atoms with Gasteiger partial charge in [-0.3, -0.25) is 24.5 Å². The molecular formula is C24H32N6O4. The van der Waals surface area contributed by atoms with Gasteiger partial charge >= 0.3 is 6.03 Å². The number of likely N-dealkylation sites (N-methyl/N-ethyl adjacent to an activating group) is 1. The number of amides is 4. The summed E-state index contributed by atoms with van der Waals surface area (Å²) in [6.07, 6.45) is 7.21. The fourth-order valence-corrected chi connectivity index (χ4v) is 4.83. The number of hydrogen-bond donors (Lipinski definition) is 2. The van der Waals surface area contributed by atoms with Gasteiger partial charge in [-0.2, -0.15) is 0 Å². The number of piperidine rings is 1. The third-order valence-electron chi connectivity index (χ3n) is 6.59. The number of aromatic nitrogens is 2. The first-order valence-corrected chi connectivity index (χ1v) is 11.6. The van der Waals surface area contributed by atoms with Gasteiger partial charge in [0.1, 0.15) is 5.54 Å². The number of aliphatic hydroxyl groups is 1. The summed E-state index contributed by atoms with van der Waals surface area (Å²) in [5.74, 6) is -0.413. The lowest BCUT2D eigenvalue weighted by Gasteiger charge is -2.42. The maximum Gasteiger partial charge on any atom is 0.325 e. The van der Waals surface area contributed by atoms with Gasteiger partial charge in [0.15, 0.2) is 0 Å². The molecular weight excluding hydrogens is 436 g/mol. The summed E-state index contributed by atoms with van der Waals surface area (Å²) in [5.41, 5.74) is -0.136. The van der Waals surface area contributed by atoms with Crippen molar-refractivity contribution in [1.29, 1.82) is 0 Å². The second kappa shape index (κ2) is 9.17. The predicted molar refractivity (Wildman–Crippen MR) is 127 cm³/mol. The lowest BCUT2D eigenvalue weighted by molar-refractivity contribution is -0.134. The number of hydrogen-bond acceptors (Lipinski definition) is 7. The Bertz CT molecular complexity index is 1100. The summed E-state index contributed by atoms with van der Waals surface area (Å²) in [7, 11) is 1.68. The zero-order chi connectivity index (χ0) is 24.5. The Balaban J connectivity index is 1.34. The highest BCUT2D eigenvalue weighted by atomic mass is 16.3. The zero-order valence-corrected chi connectivity index (χ0v) is 20.0. The van der Waals surface area contributed by atoms with Crippen molar-refractivity contribution in [2.75, 3.05) is 38.1 Å². The molecule has 0 bridgehead atoms. The molecule has 2 fully saturated rings. The van der Waals surface area contributed by atoms with Crippen molar-refractivity contribution in [3.8, 4) is 0 Å². The molecule has 2 saturated heterocycles. The third kappa shape index (κ3) is 4.82. The van der Waals surface area contributed by atoms with Crippen LogP contribution >= 0.6 is 0 Å². The Morgan fingerprint density at radius 3 is 2.79 bits per heavy atom. The van der Waals surface area contributed by atoms with Crippen LogP contribution in [0.15, 0.2) is 30.7 Å². The largest absolute Gasteiger partial charge is 0.386 e. The number of anilines is 1. The van der Waals surface area contributed by atoms with Crippen molar-refractivity contribution in [2.24, 2.45) is 0 Å². The summed E-state index contributed by atoms with van der Waals surface area (Å²) in [5, 5.41) is 14.9. The molecule has 4 amide bonds. The molecule has 2 aromatic rings. The van der Waals surface area contributed by atoms with Crippen LogP contribution in [-0.2, 0) is 9.59 Å². The zero-order valence-electron chi connectivity index (χ0n) is 20.0. The SMILES string of the molecule is CN(C[C@@]1(O)CCCN(c2ccnc3ccncc23)C1)C(=O)CCCN1C(=O)NC(C)(C)C1=O. The van der Waals surface area contributed by atoms with Crippen molar-refractivity contribution >= 4 is 34.4 Å². The molecule has 0 radical (unpaired) electrons. The maximum absolute atomic E-state index is 12.7. The molecule has 10 heteroatoms. The number of carbonyl (C=O) groups excluding carboxylic acids is 3. The van der Waals surface area contributed by atoms with Crippen molar-refractivity contribution in [2.45, 2.75) is 50.7 Å². The molecule has 0 aromatic carbocycles. The van der Waals surface area contributed by atoms with Crippen LogP contribution in [0.5, 0.6) is 0 Å². The fourth-order valence-electron chi connectivity index (χ4n) is 4.83. The van der Waals surface area contributed by atoms with E-state index in [0.717, 1.165) is 34.5 Å². The topological polar surface area (TPSA) is 119 Å². The van der Waals surface area contributed by atoms with E-state index in [0.29, 0.717) is 19.4 Å². The Hall–Kier alpha value is -3.27. The number of β-amino-alcohol motifs (C(OH)–C–C–N with tert-alkyl or cyclic N) is 1. The van der Waals surface area contributed by atoms with Gasteiger partial charge in [0, 0.05) is 62.8 Å². The molecule has 4 heterocycles. The highest BCUT2D eigenvalue weighted by Gasteiger charge is 2.44. The van der Waals surface area contributed by atoms with E-state index in [-0.39, 0.29) is 31.3 Å². The molecule has 2 aromatic heterocycles. The van der Waals surface area contributed by atoms with Gasteiger partial charge in [0.05, 0.1) is 17.7 Å². The second-order valence-corrected chi connectivity index (χ2v) is 9.84. The van der Waals surface area contributed by atoms with Crippen LogP contribution in [0.1, 0.15) is 39.5 Å². The Labute approximate surface area is 198 Å². The number of fused-ring (bicyclic) bond motifs is 1. The summed E-state index contributed by atoms with van der Waals surface area (Å²) >= 11 is 0. The van der Waals surface area contributed by atoms with E-state index in [1.807, 2.05) is 12.1 Å². The van der Waals surface area contributed by atoms with E-state index in [1.165, 1.54) is 0 Å². The highest BCUT2D eigenvalue weighted by Crippen LogP contribution is 2.31. The van der Waals surface area contributed by atoms with Gasteiger partial charge < -0.3 is 20.2 Å². The third-order valence-corrected chi connectivity index (χ3v) is 6.59. The van der Waals surface area contributed by atoms with Crippen molar-refractivity contribution in [1.82, 2.24) is 25.1 Å². The van der Waals surface area contributed by atoms with Gasteiger partial charge in [0.25, 0.3) is 5.91 Å². The van der Waals surface area contributed by atoms with Crippen molar-refractivity contribution in [3.05, 3.63) is 30.7 Å². The van der Waals surface area contributed by atoms with E-state index < -0.39 is 17.2 Å². The minimum atomic E-state index is -1.05. The highest BCUT2D eigenvalue weighted by molar-refractivity contribution is 6.06. The molecule has 1 atom stereocenters. The standard InChI is InChI=1S/C24H32N6O4/c1-23(2)21(32)30(22(33)27-23)13-4-6-20(31)28(3)15-24(34)9-5-12-29(16-24)19-8-11-26-18-7-10-25-14-17(18)19/h7-8,10-11,14,34H,4-6,9,12-13,15-16H2,1-3H3,(H,27,33)/t24-/m0/s1. The lowest BCUT2D eigenvalue weighted by Crippen LogP contribution is -2.54. The number of rotatable bonds is 7. The number of imide groups is 1. The molecule has 0 spiro atoms. The molecule has 2 N–H and O–H groups in total. The first kappa shape index (κ1) is 23.9. The molecule has 182 valence electrons. The first-order chi connectivity index (χ1) is 16.1. The Morgan fingerprint density at radius 1 is 1.26 bits per heavy atom. The molecule has 0 unspecified atom stereocenters. The molecule has 10 nitrogen and oxygen atoms in total. The molecule has 34 heavy (non-hydrogen) atoms. The van der Waals surface area contributed by atoms with Crippen LogP contribution in [0.4, 0.5) is 10.5 Å². The number of pyridine rings is 2. The smallest absolute Gasteiger partial charge is 0.325 e. The number of nitrogens with zero attached hydrogens (tertiary/aromatic N) is 5. The summed E-state index contributed by atoms with van der Waals surface area (Å²) in [6, 6.07) is 3.37. The number of carbonyl (C=O) groups is 3. The second-order valence-electron chi connectivity index (χ2n) is 9.84. The number of nitrogens with one attached hydrogen (secondary N) is 1. The van der Waals surface area contributed by atoms with Crippen LogP contribution in [0.2, 0.25) is 0 Å². The van der Waals surface area contributed by atoms with Crippen molar-refractivity contribution < 1.29 is 19.5 Å². The average molecular weight is 469 g/mol. The van der Waals surface area contributed by atoms with E-state index in [1.54, 1.807) is 44.4 Å². The monoisotopic (exact) mass is 468 g/mol. The molecule has 2 aliphatic rings. The van der Waals surface area contributed by atoms with Gasteiger partial charge in [-0.15, -0.1) is 0 Å². The number of urea groups is 1. The summed E-state index contributed by atoms with van der Waals surface area (Å²) in [4.78, 5) is 50.5. The van der Waals surface area contributed by atoms with Gasteiger partial charge in [-0.1, -0.05) is 0 Å². The predicted octanol–water partition coefficient (Wildman–Crippen LogP) is 1.53. The maximum atomic E-state index is 12.7. The molecule has 2 aliphatic heterocycles. The van der Waals surface area contributed by atoms with Crippen LogP contribution in [0, 0.1) is 0 Å². The summed E-state index contributed by atoms with van der Waals surface area (Å²) < 4.78 is 0. The van der Waals surface area contributed by atoms with Gasteiger partial charge in [-0.05, 0) is 45.2 Å². The van der Waals surface area contributed by atoms with Gasteiger partial charge in [0.2, 0.25) is 5.91 Å². The van der Waals surface area contributed by atoms with Crippen molar-refractivity contribution in [3.63, 3.8) is 0 Å². The summed E-state index contributed by atoms with van der Waals surface area (Å²) in [6.45, 7) is 4.91. The molecule has 0 saturated carbocycles. The van der Waals surface area contributed by atoms with Crippen LogP contribution in [0.25, 0.3) is 10.9 Å². The van der Waals surface area contributed by atoms with E-state index in [2.05, 4.69) is 20.2 Å².